The normalized spacial score (nSPS) is 10.7. The van der Waals surface area contributed by atoms with E-state index in [-0.39, 0.29) is 5.76 Å². The lowest BCUT2D eigenvalue weighted by atomic mass is 10.4. The Kier molecular flexibility index (Phi) is 6.05. The van der Waals surface area contributed by atoms with Crippen LogP contribution in [0.3, 0.4) is 0 Å². The van der Waals surface area contributed by atoms with E-state index in [9.17, 15) is 4.79 Å². The maximum absolute atomic E-state index is 11.2. The molecule has 2 aromatic heterocycles. The van der Waals surface area contributed by atoms with Gasteiger partial charge in [-0.1, -0.05) is 0 Å². The summed E-state index contributed by atoms with van der Waals surface area (Å²) >= 11 is 0. The monoisotopic (exact) mass is 293 g/mol. The minimum Gasteiger partial charge on any atom is -0.467 e. The first-order valence-electron chi connectivity index (χ1n) is 6.77. The minimum absolute atomic E-state index is 0.219. The third-order valence-corrected chi connectivity index (χ3v) is 2.81. The highest BCUT2D eigenvalue weighted by molar-refractivity contribution is 5.86. The second-order valence-electron chi connectivity index (χ2n) is 4.42. The molecule has 6 nitrogen and oxygen atoms in total. The average molecular weight is 293 g/mol. The van der Waals surface area contributed by atoms with Crippen LogP contribution >= 0.6 is 0 Å². The molecule has 0 bridgehead atoms. The summed E-state index contributed by atoms with van der Waals surface area (Å²) in [7, 11) is 1.32. The number of carbonyl (C=O) groups is 1. The third-order valence-electron chi connectivity index (χ3n) is 2.81. The van der Waals surface area contributed by atoms with Gasteiger partial charge in [-0.2, -0.15) is 0 Å². The molecule has 0 aliphatic carbocycles. The Balaban J connectivity index is 1.53. The average Bonchev–Trinajstić information content (AvgIpc) is 3.17. The van der Waals surface area contributed by atoms with Gasteiger partial charge in [0.2, 0.25) is 5.76 Å². The van der Waals surface area contributed by atoms with Gasteiger partial charge in [0.1, 0.15) is 18.1 Å². The fraction of sp³-hybridized carbons (Fsp3) is 0.400. The Labute approximate surface area is 123 Å². The van der Waals surface area contributed by atoms with E-state index in [1.54, 1.807) is 18.4 Å². The molecule has 0 saturated heterocycles. The SMILES string of the molecule is COC(=O)c1ccc(CNCCCOCc2ccco2)o1. The molecule has 1 N–H and O–H groups in total. The predicted octanol–water partition coefficient (Wildman–Crippen LogP) is 2.36. The van der Waals surface area contributed by atoms with Gasteiger partial charge in [-0.3, -0.25) is 0 Å². The Bertz CT molecular complexity index is 532. The molecule has 0 unspecified atom stereocenters. The van der Waals surface area contributed by atoms with Crippen molar-refractivity contribution in [2.45, 2.75) is 19.6 Å². The van der Waals surface area contributed by atoms with E-state index in [0.29, 0.717) is 25.5 Å². The largest absolute Gasteiger partial charge is 0.467 e. The highest BCUT2D eigenvalue weighted by Gasteiger charge is 2.10. The van der Waals surface area contributed by atoms with E-state index >= 15 is 0 Å². The topological polar surface area (TPSA) is 73.8 Å². The second kappa shape index (κ2) is 8.28. The van der Waals surface area contributed by atoms with E-state index in [1.807, 2.05) is 12.1 Å². The van der Waals surface area contributed by atoms with Gasteiger partial charge in [-0.15, -0.1) is 0 Å². The molecule has 0 aliphatic heterocycles. The van der Waals surface area contributed by atoms with Crippen LogP contribution in [0.15, 0.2) is 39.4 Å². The number of carbonyl (C=O) groups excluding carboxylic acids is 1. The number of ether oxygens (including phenoxy) is 2. The number of nitrogens with one attached hydrogen (secondary N) is 1. The maximum atomic E-state index is 11.2. The van der Waals surface area contributed by atoms with Crippen LogP contribution in [-0.2, 0) is 22.6 Å². The van der Waals surface area contributed by atoms with Crippen molar-refractivity contribution in [2.24, 2.45) is 0 Å². The molecule has 0 aliphatic rings. The summed E-state index contributed by atoms with van der Waals surface area (Å²) < 4.78 is 20.5. The first-order chi connectivity index (χ1) is 10.3. The molecule has 0 spiro atoms. The lowest BCUT2D eigenvalue weighted by Crippen LogP contribution is -2.16. The number of furan rings is 2. The Morgan fingerprint density at radius 2 is 2.19 bits per heavy atom. The number of hydrogen-bond acceptors (Lipinski definition) is 6. The lowest BCUT2D eigenvalue weighted by Gasteiger charge is -2.04. The first kappa shape index (κ1) is 15.3. The summed E-state index contributed by atoms with van der Waals surface area (Å²) in [4.78, 5) is 11.2. The van der Waals surface area contributed by atoms with Crippen molar-refractivity contribution in [3.05, 3.63) is 47.8 Å². The third kappa shape index (κ3) is 5.09. The Morgan fingerprint density at radius 3 is 2.95 bits per heavy atom. The molecule has 2 heterocycles. The molecular weight excluding hydrogens is 274 g/mol. The van der Waals surface area contributed by atoms with Gasteiger partial charge in [0.05, 0.1) is 19.9 Å². The van der Waals surface area contributed by atoms with E-state index in [4.69, 9.17) is 13.6 Å². The van der Waals surface area contributed by atoms with E-state index in [1.165, 1.54) is 7.11 Å². The van der Waals surface area contributed by atoms with Crippen molar-refractivity contribution in [1.82, 2.24) is 5.32 Å². The molecule has 114 valence electrons. The van der Waals surface area contributed by atoms with Crippen LogP contribution in [0, 0.1) is 0 Å². The molecule has 0 atom stereocenters. The lowest BCUT2D eigenvalue weighted by molar-refractivity contribution is 0.0563. The van der Waals surface area contributed by atoms with Gasteiger partial charge < -0.3 is 23.6 Å². The minimum atomic E-state index is -0.465. The van der Waals surface area contributed by atoms with Crippen LogP contribution in [0.5, 0.6) is 0 Å². The van der Waals surface area contributed by atoms with Crippen LogP contribution in [0.4, 0.5) is 0 Å². The zero-order valence-corrected chi connectivity index (χ0v) is 12.0. The van der Waals surface area contributed by atoms with Gasteiger partial charge in [0, 0.05) is 6.61 Å². The standard InChI is InChI=1S/C15H19NO5/c1-18-15(17)14-6-5-12(21-14)10-16-7-3-8-19-11-13-4-2-9-20-13/h2,4-6,9,16H,3,7-8,10-11H2,1H3. The molecule has 2 aromatic rings. The summed E-state index contributed by atoms with van der Waals surface area (Å²) in [6, 6.07) is 7.09. The van der Waals surface area contributed by atoms with Crippen molar-refractivity contribution >= 4 is 5.97 Å². The van der Waals surface area contributed by atoms with Crippen LogP contribution in [0.25, 0.3) is 0 Å². The molecule has 2 rings (SSSR count). The van der Waals surface area contributed by atoms with Crippen LogP contribution < -0.4 is 5.32 Å². The van der Waals surface area contributed by atoms with Gasteiger partial charge in [-0.25, -0.2) is 4.79 Å². The van der Waals surface area contributed by atoms with E-state index in [2.05, 4.69) is 10.1 Å². The second-order valence-corrected chi connectivity index (χ2v) is 4.42. The van der Waals surface area contributed by atoms with Crippen LogP contribution in [-0.4, -0.2) is 26.2 Å². The molecule has 21 heavy (non-hydrogen) atoms. The van der Waals surface area contributed by atoms with Crippen molar-refractivity contribution in [3.8, 4) is 0 Å². The molecule has 6 heteroatoms. The molecular formula is C15H19NO5. The summed E-state index contributed by atoms with van der Waals surface area (Å²) in [5.74, 6) is 1.28. The predicted molar refractivity (Wildman–Crippen MR) is 74.7 cm³/mol. The number of hydrogen-bond donors (Lipinski definition) is 1. The Morgan fingerprint density at radius 1 is 1.29 bits per heavy atom. The number of rotatable bonds is 9. The summed E-state index contributed by atoms with van der Waals surface area (Å²) in [6.45, 7) is 2.51. The van der Waals surface area contributed by atoms with Crippen molar-refractivity contribution in [2.75, 3.05) is 20.3 Å². The van der Waals surface area contributed by atoms with E-state index < -0.39 is 5.97 Å². The van der Waals surface area contributed by atoms with Crippen molar-refractivity contribution < 1.29 is 23.1 Å². The number of esters is 1. The van der Waals surface area contributed by atoms with Gasteiger partial charge in [0.15, 0.2) is 0 Å². The van der Waals surface area contributed by atoms with Crippen molar-refractivity contribution in [3.63, 3.8) is 0 Å². The highest BCUT2D eigenvalue weighted by atomic mass is 16.5. The molecule has 0 fully saturated rings. The molecule has 0 aromatic carbocycles. The van der Waals surface area contributed by atoms with E-state index in [0.717, 1.165) is 18.7 Å². The number of methoxy groups -OCH3 is 1. The highest BCUT2D eigenvalue weighted by Crippen LogP contribution is 2.08. The zero-order chi connectivity index (χ0) is 14.9. The zero-order valence-electron chi connectivity index (χ0n) is 12.0. The van der Waals surface area contributed by atoms with Gasteiger partial charge in [-0.05, 0) is 37.2 Å². The van der Waals surface area contributed by atoms with Crippen molar-refractivity contribution in [1.29, 1.82) is 0 Å². The molecule has 0 saturated carbocycles. The fourth-order valence-electron chi connectivity index (χ4n) is 1.76. The molecule has 0 amide bonds. The maximum Gasteiger partial charge on any atom is 0.373 e. The summed E-state index contributed by atoms with van der Waals surface area (Å²) in [5, 5.41) is 3.22. The first-order valence-corrected chi connectivity index (χ1v) is 6.77. The molecule has 0 radical (unpaired) electrons. The van der Waals surface area contributed by atoms with Crippen LogP contribution in [0.2, 0.25) is 0 Å². The van der Waals surface area contributed by atoms with Gasteiger partial charge >= 0.3 is 5.97 Å². The summed E-state index contributed by atoms with van der Waals surface area (Å²) in [6.07, 6.45) is 2.51. The fourth-order valence-corrected chi connectivity index (χ4v) is 1.76. The summed E-state index contributed by atoms with van der Waals surface area (Å²) in [5.41, 5.74) is 0. The van der Waals surface area contributed by atoms with Gasteiger partial charge in [0.25, 0.3) is 0 Å². The Hall–Kier alpha value is -2.05. The smallest absolute Gasteiger partial charge is 0.373 e. The van der Waals surface area contributed by atoms with Crippen LogP contribution in [0.1, 0.15) is 28.5 Å². The quantitative estimate of drug-likeness (QED) is 0.565.